The molecule has 2 aromatic heterocycles. The van der Waals surface area contributed by atoms with Gasteiger partial charge in [0.1, 0.15) is 12.4 Å². The van der Waals surface area contributed by atoms with E-state index >= 15 is 0 Å². The second kappa shape index (κ2) is 9.43. The molecule has 2 heterocycles. The van der Waals surface area contributed by atoms with Crippen LogP contribution >= 0.6 is 0 Å². The Kier molecular flexibility index (Phi) is 6.60. The summed E-state index contributed by atoms with van der Waals surface area (Å²) in [6.45, 7) is 2.70. The standard InChI is InChI=1S/C24H28F2N4O3/c1-14-28-19(17-11-23(33-8-7-31-2)22(32-3)12-20(17)29-14)6-4-5-16-9-15(27)10-21(30-16)18-13-24(18,25)26/h9-12,18H,4-8,13H2,1-3H3,(H2,27,30). The van der Waals surface area contributed by atoms with Gasteiger partial charge in [0.05, 0.1) is 36.5 Å². The molecule has 2 N–H and O–H groups in total. The lowest BCUT2D eigenvalue weighted by Crippen LogP contribution is -2.06. The average Bonchev–Trinajstić information content (AvgIpc) is 3.41. The van der Waals surface area contributed by atoms with E-state index < -0.39 is 11.8 Å². The monoisotopic (exact) mass is 458 g/mol. The lowest BCUT2D eigenvalue weighted by Gasteiger charge is -2.14. The molecule has 1 atom stereocenters. The molecule has 0 saturated heterocycles. The molecule has 1 aliphatic carbocycles. The van der Waals surface area contributed by atoms with Crippen LogP contribution in [0.4, 0.5) is 14.5 Å². The zero-order valence-corrected chi connectivity index (χ0v) is 19.0. The highest BCUT2D eigenvalue weighted by Crippen LogP contribution is 2.55. The molecule has 4 rings (SSSR count). The molecule has 1 aliphatic rings. The van der Waals surface area contributed by atoms with Crippen molar-refractivity contribution in [2.75, 3.05) is 33.2 Å². The summed E-state index contributed by atoms with van der Waals surface area (Å²) in [4.78, 5) is 13.6. The number of ether oxygens (including phenoxy) is 3. The van der Waals surface area contributed by atoms with Crippen LogP contribution in [0.5, 0.6) is 11.5 Å². The first-order valence-electron chi connectivity index (χ1n) is 10.9. The number of aromatic nitrogens is 3. The number of nitrogen functional groups attached to an aromatic ring is 1. The Balaban J connectivity index is 1.53. The topological polar surface area (TPSA) is 92.4 Å². The molecule has 1 unspecified atom stereocenters. The molecule has 1 fully saturated rings. The van der Waals surface area contributed by atoms with E-state index in [2.05, 4.69) is 15.0 Å². The Morgan fingerprint density at radius 2 is 1.82 bits per heavy atom. The van der Waals surface area contributed by atoms with Gasteiger partial charge < -0.3 is 19.9 Å². The van der Waals surface area contributed by atoms with Gasteiger partial charge in [-0.15, -0.1) is 0 Å². The number of anilines is 1. The summed E-state index contributed by atoms with van der Waals surface area (Å²) in [7, 11) is 3.20. The van der Waals surface area contributed by atoms with Crippen LogP contribution < -0.4 is 15.2 Å². The van der Waals surface area contributed by atoms with E-state index in [0.717, 1.165) is 23.0 Å². The number of hydrogen-bond donors (Lipinski definition) is 1. The maximum absolute atomic E-state index is 13.5. The predicted octanol–water partition coefficient (Wildman–Crippen LogP) is 4.25. The first kappa shape index (κ1) is 23.1. The summed E-state index contributed by atoms with van der Waals surface area (Å²) in [5.74, 6) is -1.63. The van der Waals surface area contributed by atoms with E-state index in [1.807, 2.05) is 19.1 Å². The molecule has 0 spiro atoms. The van der Waals surface area contributed by atoms with Crippen molar-refractivity contribution in [3.63, 3.8) is 0 Å². The van der Waals surface area contributed by atoms with Gasteiger partial charge in [0.2, 0.25) is 0 Å². The second-order valence-electron chi connectivity index (χ2n) is 8.27. The third-order valence-electron chi connectivity index (χ3n) is 5.67. The molecule has 33 heavy (non-hydrogen) atoms. The van der Waals surface area contributed by atoms with Crippen LogP contribution in [0.1, 0.15) is 41.7 Å². The third-order valence-corrected chi connectivity index (χ3v) is 5.67. The molecule has 0 radical (unpaired) electrons. The fourth-order valence-electron chi connectivity index (χ4n) is 3.94. The van der Waals surface area contributed by atoms with Gasteiger partial charge in [-0.1, -0.05) is 0 Å². The summed E-state index contributed by atoms with van der Waals surface area (Å²) in [6.07, 6.45) is 1.84. The van der Waals surface area contributed by atoms with Crippen molar-refractivity contribution in [3.8, 4) is 11.5 Å². The summed E-state index contributed by atoms with van der Waals surface area (Å²) in [6, 6.07) is 7.04. The fraction of sp³-hybridized carbons (Fsp3) is 0.458. The van der Waals surface area contributed by atoms with Crippen molar-refractivity contribution in [1.82, 2.24) is 15.0 Å². The minimum Gasteiger partial charge on any atom is -0.493 e. The van der Waals surface area contributed by atoms with Gasteiger partial charge in [-0.3, -0.25) is 4.98 Å². The lowest BCUT2D eigenvalue weighted by atomic mass is 10.1. The van der Waals surface area contributed by atoms with Crippen molar-refractivity contribution in [2.24, 2.45) is 0 Å². The first-order valence-corrected chi connectivity index (χ1v) is 10.9. The Bertz CT molecular complexity index is 1160. The highest BCUT2D eigenvalue weighted by Gasteiger charge is 2.58. The van der Waals surface area contributed by atoms with Crippen LogP contribution in [0, 0.1) is 6.92 Å². The van der Waals surface area contributed by atoms with E-state index in [1.54, 1.807) is 26.4 Å². The number of rotatable bonds is 10. The maximum atomic E-state index is 13.5. The molecule has 0 amide bonds. The SMILES string of the molecule is COCCOc1cc2c(CCCc3cc(N)cc(C4CC4(F)F)n3)nc(C)nc2cc1OC. The minimum atomic E-state index is -2.67. The van der Waals surface area contributed by atoms with Gasteiger partial charge in [0.25, 0.3) is 5.92 Å². The van der Waals surface area contributed by atoms with E-state index in [0.29, 0.717) is 60.5 Å². The fourth-order valence-corrected chi connectivity index (χ4v) is 3.94. The van der Waals surface area contributed by atoms with Crippen molar-refractivity contribution in [2.45, 2.75) is 44.4 Å². The molecule has 3 aromatic rings. The zero-order valence-electron chi connectivity index (χ0n) is 19.0. The molecule has 7 nitrogen and oxygen atoms in total. The van der Waals surface area contributed by atoms with Crippen LogP contribution in [0.15, 0.2) is 24.3 Å². The molecule has 9 heteroatoms. The van der Waals surface area contributed by atoms with Gasteiger partial charge in [-0.2, -0.15) is 0 Å². The van der Waals surface area contributed by atoms with Gasteiger partial charge in [0, 0.05) is 36.4 Å². The third kappa shape index (κ3) is 5.30. The predicted molar refractivity (Wildman–Crippen MR) is 121 cm³/mol. The first-order chi connectivity index (χ1) is 15.8. The number of fused-ring (bicyclic) bond motifs is 1. The number of hydrogen-bond acceptors (Lipinski definition) is 7. The van der Waals surface area contributed by atoms with Crippen LogP contribution in [0.3, 0.4) is 0 Å². The molecule has 1 aromatic carbocycles. The van der Waals surface area contributed by atoms with Crippen molar-refractivity contribution < 1.29 is 23.0 Å². The average molecular weight is 459 g/mol. The smallest absolute Gasteiger partial charge is 0.257 e. The highest BCUT2D eigenvalue weighted by molar-refractivity contribution is 5.84. The van der Waals surface area contributed by atoms with Crippen LogP contribution in [0.2, 0.25) is 0 Å². The number of benzene rings is 1. The van der Waals surface area contributed by atoms with Crippen molar-refractivity contribution in [1.29, 1.82) is 0 Å². The van der Waals surface area contributed by atoms with E-state index in [9.17, 15) is 8.78 Å². The number of aryl methyl sites for hydroxylation is 3. The van der Waals surface area contributed by atoms with E-state index in [1.165, 1.54) is 0 Å². The maximum Gasteiger partial charge on any atom is 0.257 e. The molecular weight excluding hydrogens is 430 g/mol. The number of methoxy groups -OCH3 is 2. The number of halogens is 2. The van der Waals surface area contributed by atoms with Crippen molar-refractivity contribution in [3.05, 3.63) is 47.2 Å². The second-order valence-corrected chi connectivity index (χ2v) is 8.27. The molecular formula is C24H28F2N4O3. The molecule has 0 bridgehead atoms. The Morgan fingerprint density at radius 1 is 1.03 bits per heavy atom. The van der Waals surface area contributed by atoms with Crippen LogP contribution in [-0.2, 0) is 17.6 Å². The summed E-state index contributed by atoms with van der Waals surface area (Å²) in [5.41, 5.74) is 9.16. The Morgan fingerprint density at radius 3 is 2.52 bits per heavy atom. The zero-order chi connectivity index (χ0) is 23.6. The summed E-state index contributed by atoms with van der Waals surface area (Å²) < 4.78 is 43.3. The summed E-state index contributed by atoms with van der Waals surface area (Å²) >= 11 is 0. The normalized spacial score (nSPS) is 16.7. The van der Waals surface area contributed by atoms with Crippen LogP contribution in [-0.4, -0.2) is 48.3 Å². The van der Waals surface area contributed by atoms with E-state index in [-0.39, 0.29) is 6.42 Å². The Hall–Kier alpha value is -3.07. The number of nitrogens with zero attached hydrogens (tertiary/aromatic N) is 3. The highest BCUT2D eigenvalue weighted by atomic mass is 19.3. The van der Waals surface area contributed by atoms with Gasteiger partial charge >= 0.3 is 0 Å². The summed E-state index contributed by atoms with van der Waals surface area (Å²) in [5, 5.41) is 0.882. The quantitative estimate of drug-likeness (QED) is 0.454. The lowest BCUT2D eigenvalue weighted by molar-refractivity contribution is 0.111. The van der Waals surface area contributed by atoms with Gasteiger partial charge in [-0.25, -0.2) is 18.7 Å². The van der Waals surface area contributed by atoms with Crippen LogP contribution in [0.25, 0.3) is 10.9 Å². The molecule has 176 valence electrons. The molecule has 0 aliphatic heterocycles. The van der Waals surface area contributed by atoms with Gasteiger partial charge in [0.15, 0.2) is 11.5 Å². The number of pyridine rings is 1. The largest absolute Gasteiger partial charge is 0.493 e. The number of nitrogens with two attached hydrogens (primary N) is 1. The van der Waals surface area contributed by atoms with E-state index in [4.69, 9.17) is 19.9 Å². The Labute approximate surface area is 191 Å². The number of alkyl halides is 2. The molecule has 1 saturated carbocycles. The minimum absolute atomic E-state index is 0.159. The van der Waals surface area contributed by atoms with Gasteiger partial charge in [-0.05, 0) is 44.4 Å². The van der Waals surface area contributed by atoms with Crippen molar-refractivity contribution >= 4 is 16.6 Å².